The number of hydrogen-bond donors (Lipinski definition) is 0. The van der Waals surface area contributed by atoms with Gasteiger partial charge in [0.1, 0.15) is 0 Å². The molecule has 0 aliphatic rings. The fourth-order valence-electron chi connectivity index (χ4n) is 12.8. The molecule has 0 radical (unpaired) electrons. The Labute approximate surface area is 663 Å². The molecule has 0 N–H and O–H groups in total. The molecule has 0 saturated carbocycles. The van der Waals surface area contributed by atoms with Crippen molar-refractivity contribution in [1.29, 1.82) is 0 Å². The number of thiophene rings is 4. The first-order chi connectivity index (χ1) is 59.4. The SMILES string of the molecule is C.[2H]c1c([2H])c(C)c([2H])c(-c2cc(C)nc(-c3ccc4sc5ccccc5c4c3)n2)c1[2H].[2H]c1c([2H])c(C)c([2H])c(-c2cc(C)nc(-c3cccc4c3sc3ccccc34)n2)c1[2H].[2H]c1c([2H])c([2H])c(-c2cc(C)nc(-c3ccc4c(c3)sc3ccccc34)n2)c([2H])c1[2H].[2H]c1c([2H])c([2H])c(-c2cc(C)nc(-c3cccc4sc5ccccc5c34)n2)c([2H])c1[2H]. The van der Waals surface area contributed by atoms with Gasteiger partial charge in [-0.2, -0.15) is 0 Å². The number of hydrogen-bond acceptors (Lipinski definition) is 12. The Bertz CT molecular complexity index is 7720. The van der Waals surface area contributed by atoms with Gasteiger partial charge in [-0.05, 0) is 139 Å². The first kappa shape index (κ1) is 51.1. The van der Waals surface area contributed by atoms with Crippen molar-refractivity contribution >= 4 is 126 Å². The molecule has 20 aromatic rings. The maximum atomic E-state index is 8.48. The first-order valence-electron chi connectivity index (χ1n) is 42.8. The van der Waals surface area contributed by atoms with Crippen molar-refractivity contribution in [2.45, 2.75) is 49.0 Å². The number of rotatable bonds is 8. The average molecular weight is 1470 g/mol. The summed E-state index contributed by atoms with van der Waals surface area (Å²) < 4.78 is 156. The van der Waals surface area contributed by atoms with Crippen molar-refractivity contribution < 1.29 is 24.7 Å². The Morgan fingerprint density at radius 3 is 1.20 bits per heavy atom. The molecule has 0 spiro atoms. The minimum atomic E-state index is -0.417. The summed E-state index contributed by atoms with van der Waals surface area (Å²) in [6, 6.07) is 59.9. The van der Waals surface area contributed by atoms with Crippen LogP contribution in [0, 0.1) is 41.5 Å². The lowest BCUT2D eigenvalue weighted by Crippen LogP contribution is -1.95. The van der Waals surface area contributed by atoms with Crippen molar-refractivity contribution in [3.63, 3.8) is 0 Å². The Morgan fingerprint density at radius 1 is 0.252 bits per heavy atom. The van der Waals surface area contributed by atoms with Crippen LogP contribution in [-0.2, 0) is 0 Å². The van der Waals surface area contributed by atoms with Gasteiger partial charge in [0.2, 0.25) is 0 Å². The molecule has 516 valence electrons. The van der Waals surface area contributed by atoms with Gasteiger partial charge < -0.3 is 0 Å². The molecule has 107 heavy (non-hydrogen) atoms. The van der Waals surface area contributed by atoms with E-state index in [0.29, 0.717) is 74.3 Å². The van der Waals surface area contributed by atoms with E-state index < -0.39 is 12.1 Å². The summed E-state index contributed by atoms with van der Waals surface area (Å²) >= 11 is 6.84. The van der Waals surface area contributed by atoms with E-state index in [2.05, 4.69) is 114 Å². The summed E-state index contributed by atoms with van der Waals surface area (Å²) in [5, 5.41) is 9.24. The third-order valence-corrected chi connectivity index (χ3v) is 22.1. The van der Waals surface area contributed by atoms with Crippen molar-refractivity contribution in [2.24, 2.45) is 0 Å². The molecule has 0 aliphatic heterocycles. The van der Waals surface area contributed by atoms with E-state index in [0.717, 1.165) is 63.6 Å². The fourth-order valence-corrected chi connectivity index (χ4v) is 17.4. The summed E-state index contributed by atoms with van der Waals surface area (Å²) in [5.74, 6) is 1.98. The zero-order valence-electron chi connectivity index (χ0n) is 75.7. The van der Waals surface area contributed by atoms with Crippen molar-refractivity contribution in [3.05, 3.63) is 337 Å². The van der Waals surface area contributed by atoms with E-state index >= 15 is 0 Å². The molecular formula is C95H72N8S4. The highest BCUT2D eigenvalue weighted by Crippen LogP contribution is 2.43. The average Bonchev–Trinajstić information content (AvgIpc) is 0.866. The molecular weight excluding hydrogens is 1380 g/mol. The number of nitrogens with zero attached hydrogens (tertiary/aromatic N) is 8. The normalized spacial score (nSPS) is 13.6. The molecule has 0 aliphatic carbocycles. The highest BCUT2D eigenvalue weighted by Gasteiger charge is 2.18. The smallest absolute Gasteiger partial charge is 0.161 e. The van der Waals surface area contributed by atoms with Gasteiger partial charge in [-0.15, -0.1) is 45.3 Å². The van der Waals surface area contributed by atoms with Crippen LogP contribution in [0.15, 0.2) is 303 Å². The van der Waals surface area contributed by atoms with Crippen LogP contribution in [-0.4, -0.2) is 39.9 Å². The van der Waals surface area contributed by atoms with Crippen molar-refractivity contribution in [2.75, 3.05) is 0 Å². The van der Waals surface area contributed by atoms with Gasteiger partial charge in [0.25, 0.3) is 0 Å². The summed E-state index contributed by atoms with van der Waals surface area (Å²) in [7, 11) is 0. The van der Waals surface area contributed by atoms with Crippen LogP contribution in [0.2, 0.25) is 0 Å². The quantitative estimate of drug-likeness (QED) is 0.148. The predicted octanol–water partition coefficient (Wildman–Crippen LogP) is 27.2. The van der Waals surface area contributed by atoms with Crippen molar-refractivity contribution in [3.8, 4) is 90.6 Å². The Balaban J connectivity index is 0.000000123. The van der Waals surface area contributed by atoms with Crippen LogP contribution < -0.4 is 0 Å². The molecule has 8 heterocycles. The Morgan fingerprint density at radius 2 is 0.626 bits per heavy atom. The third kappa shape index (κ3) is 14.5. The molecule has 0 bridgehead atoms. The summed E-state index contributed by atoms with van der Waals surface area (Å²) in [5.41, 5.74) is 9.14. The van der Waals surface area contributed by atoms with Crippen LogP contribution in [0.4, 0.5) is 0 Å². The predicted molar refractivity (Wildman–Crippen MR) is 458 cm³/mol. The van der Waals surface area contributed by atoms with Crippen LogP contribution in [0.3, 0.4) is 0 Å². The minimum Gasteiger partial charge on any atom is -0.233 e. The fraction of sp³-hybridized carbons (Fsp3) is 0.0737. The second kappa shape index (κ2) is 30.1. The molecule has 8 nitrogen and oxygen atoms in total. The van der Waals surface area contributed by atoms with Gasteiger partial charge in [-0.1, -0.05) is 224 Å². The molecule has 0 amide bonds. The maximum absolute atomic E-state index is 8.48. The van der Waals surface area contributed by atoms with Gasteiger partial charge in [0.05, 0.1) is 47.4 Å². The van der Waals surface area contributed by atoms with Gasteiger partial charge in [-0.3, -0.25) is 0 Å². The molecule has 0 atom stereocenters. The highest BCUT2D eigenvalue weighted by molar-refractivity contribution is 7.27. The van der Waals surface area contributed by atoms with Crippen LogP contribution in [0.1, 0.15) is 66.0 Å². The second-order valence-electron chi connectivity index (χ2n) is 25.0. The van der Waals surface area contributed by atoms with Gasteiger partial charge >= 0.3 is 0 Å². The summed E-state index contributed by atoms with van der Waals surface area (Å²) in [4.78, 5) is 37.1. The lowest BCUT2D eigenvalue weighted by molar-refractivity contribution is 1.12. The number of fused-ring (bicyclic) bond motifs is 12. The van der Waals surface area contributed by atoms with Gasteiger partial charge in [-0.25, -0.2) is 39.9 Å². The molecule has 0 saturated heterocycles. The summed E-state index contributed by atoms with van der Waals surface area (Å²) in [6.07, 6.45) is 0. The molecule has 12 aromatic carbocycles. The molecule has 8 aromatic heterocycles. The zero-order chi connectivity index (χ0) is 87.4. The van der Waals surface area contributed by atoms with E-state index in [1.807, 2.05) is 119 Å². The first-order valence-corrected chi connectivity index (χ1v) is 37.1. The largest absolute Gasteiger partial charge is 0.233 e. The van der Waals surface area contributed by atoms with Crippen LogP contribution in [0.5, 0.6) is 0 Å². The van der Waals surface area contributed by atoms with Crippen LogP contribution in [0.25, 0.3) is 171 Å². The standard InChI is InChI=1S/2C24H18N2S.2C23H16N2S.CH4/c1-15-7-5-8-17(13-15)21-14-16(2)25-24(26-21)20-11-6-10-19-18-9-3-4-12-22(18)27-23(19)20;1-15-6-5-7-17(12-15)21-13-16(2)25-24(26-21)18-10-11-23-20(14-18)19-8-3-4-9-22(19)27-23;1-15-14-19(16-8-3-2-4-9-16)25-23(24-15)18-11-7-13-21-22(18)17-10-5-6-12-20(17)26-21;1-15-13-20(16-7-3-2-4-8-16)25-23(24-15)17-11-12-19-18-9-5-6-10-21(18)26-22(19)14-17;/h2*3-14H,1-2H3;2*2-14H,1H3;1H4/i5D,7D,8D,13D;5D,6D,7D,12D;2D,3D,4D,8D,9D;2D,3D,4D,7D,8D;. The number of aromatic nitrogens is 8. The zero-order valence-corrected chi connectivity index (χ0v) is 61.0. The van der Waals surface area contributed by atoms with E-state index in [1.54, 1.807) is 83.5 Å². The molecule has 12 heteroatoms. The van der Waals surface area contributed by atoms with E-state index in [-0.39, 0.29) is 126 Å². The van der Waals surface area contributed by atoms with Gasteiger partial charge in [0.15, 0.2) is 23.3 Å². The maximum Gasteiger partial charge on any atom is 0.161 e. The molecule has 0 fully saturated rings. The van der Waals surface area contributed by atoms with E-state index in [4.69, 9.17) is 29.7 Å². The van der Waals surface area contributed by atoms with E-state index in [9.17, 15) is 0 Å². The van der Waals surface area contributed by atoms with E-state index in [1.165, 1.54) is 45.0 Å². The lowest BCUT2D eigenvalue weighted by atomic mass is 10.0. The number of benzene rings is 12. The third-order valence-electron chi connectivity index (χ3n) is 17.5. The minimum absolute atomic E-state index is 0. The second-order valence-corrected chi connectivity index (χ2v) is 29.4. The Kier molecular flexibility index (Phi) is 14.4. The van der Waals surface area contributed by atoms with Crippen molar-refractivity contribution in [1.82, 2.24) is 39.9 Å². The monoisotopic (exact) mass is 1470 g/mol. The van der Waals surface area contributed by atoms with Gasteiger partial charge in [0, 0.05) is 148 Å². The van der Waals surface area contributed by atoms with Crippen LogP contribution >= 0.6 is 45.3 Å². The Hall–Kier alpha value is -12.2. The topological polar surface area (TPSA) is 103 Å². The number of aryl methyl sites for hydroxylation is 4. The lowest BCUT2D eigenvalue weighted by Gasteiger charge is -2.08. The molecule has 0 unspecified atom stereocenters. The summed E-state index contributed by atoms with van der Waals surface area (Å²) in [6.45, 7) is 10.6. The highest BCUT2D eigenvalue weighted by atomic mass is 32.1. The molecule has 20 rings (SSSR count).